The van der Waals surface area contributed by atoms with E-state index in [-0.39, 0.29) is 5.71 Å². The van der Waals surface area contributed by atoms with Crippen molar-refractivity contribution in [2.24, 2.45) is 12.0 Å². The average Bonchev–Trinajstić information content (AvgIpc) is 2.89. The number of carbonyl (C=O) groups is 1. The highest BCUT2D eigenvalue weighted by Crippen LogP contribution is 2.26. The standard InChI is InChI=1S/C23H24N2O2/c1-16-11-12-19-20(17(2)25(3)22(19)14-16)15-21(23(26)27)24-13-7-10-18-8-5-4-6-9-18/h4-9,11-14H,10,15H2,1-3H3,(H,26,27). The minimum Gasteiger partial charge on any atom is -0.477 e. The quantitative estimate of drug-likeness (QED) is 0.652. The smallest absolute Gasteiger partial charge is 0.350 e. The lowest BCUT2D eigenvalue weighted by atomic mass is 10.0. The van der Waals surface area contributed by atoms with Crippen LogP contribution in [0.1, 0.15) is 22.4 Å². The number of benzene rings is 2. The zero-order valence-corrected chi connectivity index (χ0v) is 15.9. The molecular formula is C23H24N2O2. The Kier molecular flexibility index (Phi) is 5.55. The number of hydrogen-bond donors (Lipinski definition) is 1. The Morgan fingerprint density at radius 2 is 1.89 bits per heavy atom. The maximum Gasteiger partial charge on any atom is 0.350 e. The van der Waals surface area contributed by atoms with Crippen molar-refractivity contribution in [3.05, 3.63) is 83.2 Å². The van der Waals surface area contributed by atoms with Crippen molar-refractivity contribution in [3.63, 3.8) is 0 Å². The number of nitrogens with zero attached hydrogens (tertiary/aromatic N) is 2. The summed E-state index contributed by atoms with van der Waals surface area (Å²) in [6, 6.07) is 16.3. The molecule has 0 saturated carbocycles. The summed E-state index contributed by atoms with van der Waals surface area (Å²) >= 11 is 0. The van der Waals surface area contributed by atoms with Crippen molar-refractivity contribution in [1.82, 2.24) is 4.57 Å². The van der Waals surface area contributed by atoms with Gasteiger partial charge in [-0.15, -0.1) is 0 Å². The maximum atomic E-state index is 11.7. The van der Waals surface area contributed by atoms with E-state index in [1.54, 1.807) is 6.20 Å². The fourth-order valence-electron chi connectivity index (χ4n) is 3.26. The SMILES string of the molecule is Cc1ccc2c(CC(=NC=CCc3ccccc3)C(=O)O)c(C)n(C)c2c1. The summed E-state index contributed by atoms with van der Waals surface area (Å²) in [5, 5.41) is 10.7. The van der Waals surface area contributed by atoms with Gasteiger partial charge in [-0.1, -0.05) is 48.5 Å². The van der Waals surface area contributed by atoms with Gasteiger partial charge < -0.3 is 9.67 Å². The Morgan fingerprint density at radius 3 is 2.59 bits per heavy atom. The number of aryl methyl sites for hydroxylation is 2. The molecule has 0 aliphatic heterocycles. The van der Waals surface area contributed by atoms with Crippen molar-refractivity contribution in [3.8, 4) is 0 Å². The fourth-order valence-corrected chi connectivity index (χ4v) is 3.26. The highest BCUT2D eigenvalue weighted by molar-refractivity contribution is 6.36. The molecule has 3 aromatic rings. The predicted octanol–water partition coefficient (Wildman–Crippen LogP) is 4.62. The highest BCUT2D eigenvalue weighted by Gasteiger charge is 2.17. The third-order valence-corrected chi connectivity index (χ3v) is 4.90. The summed E-state index contributed by atoms with van der Waals surface area (Å²) in [5.74, 6) is -0.983. The third-order valence-electron chi connectivity index (χ3n) is 4.90. The molecule has 1 heterocycles. The van der Waals surface area contributed by atoms with Crippen LogP contribution < -0.4 is 0 Å². The molecular weight excluding hydrogens is 336 g/mol. The summed E-state index contributed by atoms with van der Waals surface area (Å²) in [6.45, 7) is 4.08. The third kappa shape index (κ3) is 4.17. The van der Waals surface area contributed by atoms with Crippen molar-refractivity contribution in [2.75, 3.05) is 0 Å². The lowest BCUT2D eigenvalue weighted by Gasteiger charge is -2.03. The van der Waals surface area contributed by atoms with Gasteiger partial charge in [-0.3, -0.25) is 4.99 Å². The summed E-state index contributed by atoms with van der Waals surface area (Å²) in [7, 11) is 2.01. The lowest BCUT2D eigenvalue weighted by Crippen LogP contribution is -2.16. The number of carboxylic acids is 1. The average molecular weight is 360 g/mol. The Hall–Kier alpha value is -3.14. The molecule has 138 valence electrons. The normalized spacial score (nSPS) is 12.2. The number of rotatable bonds is 6. The molecule has 0 atom stereocenters. The minimum atomic E-state index is -0.983. The van der Waals surface area contributed by atoms with Gasteiger partial charge in [-0.2, -0.15) is 0 Å². The second kappa shape index (κ2) is 8.04. The van der Waals surface area contributed by atoms with Crippen LogP contribution in [0.2, 0.25) is 0 Å². The van der Waals surface area contributed by atoms with Crippen molar-refractivity contribution in [1.29, 1.82) is 0 Å². The van der Waals surface area contributed by atoms with Crippen LogP contribution in [0.3, 0.4) is 0 Å². The molecule has 0 radical (unpaired) electrons. The molecule has 0 unspecified atom stereocenters. The van der Waals surface area contributed by atoms with E-state index in [9.17, 15) is 9.90 Å². The second-order valence-corrected chi connectivity index (χ2v) is 6.78. The first-order valence-electron chi connectivity index (χ1n) is 9.00. The summed E-state index contributed by atoms with van der Waals surface area (Å²) in [5.41, 5.74) is 5.71. The van der Waals surface area contributed by atoms with Gasteiger partial charge in [-0.05, 0) is 43.0 Å². The van der Waals surface area contributed by atoms with Crippen LogP contribution in [0.5, 0.6) is 0 Å². The van der Waals surface area contributed by atoms with E-state index < -0.39 is 5.97 Å². The van der Waals surface area contributed by atoms with Crippen LogP contribution >= 0.6 is 0 Å². The molecule has 0 fully saturated rings. The molecule has 3 rings (SSSR count). The van der Waals surface area contributed by atoms with E-state index in [4.69, 9.17) is 0 Å². The molecule has 0 amide bonds. The van der Waals surface area contributed by atoms with Crippen LogP contribution in [-0.4, -0.2) is 21.4 Å². The van der Waals surface area contributed by atoms with Gasteiger partial charge in [-0.25, -0.2) is 4.79 Å². The van der Waals surface area contributed by atoms with E-state index in [0.29, 0.717) is 6.42 Å². The number of fused-ring (bicyclic) bond motifs is 1. The van der Waals surface area contributed by atoms with Crippen LogP contribution in [0.4, 0.5) is 0 Å². The molecule has 2 aromatic carbocycles. The van der Waals surface area contributed by atoms with Crippen LogP contribution in [0, 0.1) is 13.8 Å². The molecule has 0 bridgehead atoms. The number of aliphatic imine (C=N–C) groups is 1. The molecule has 1 aromatic heterocycles. The van der Waals surface area contributed by atoms with Crippen LogP contribution in [0.25, 0.3) is 10.9 Å². The van der Waals surface area contributed by atoms with Gasteiger partial charge in [0.1, 0.15) is 5.71 Å². The van der Waals surface area contributed by atoms with Gasteiger partial charge in [0.25, 0.3) is 0 Å². The van der Waals surface area contributed by atoms with Crippen molar-refractivity contribution in [2.45, 2.75) is 26.7 Å². The fraction of sp³-hybridized carbons (Fsp3) is 0.217. The van der Waals surface area contributed by atoms with E-state index in [1.165, 1.54) is 11.1 Å². The van der Waals surface area contributed by atoms with Crippen molar-refractivity contribution < 1.29 is 9.90 Å². The number of carboxylic acid groups (broad SMARTS) is 1. The summed E-state index contributed by atoms with van der Waals surface area (Å²) in [6.07, 6.45) is 4.51. The first kappa shape index (κ1) is 18.6. The topological polar surface area (TPSA) is 54.6 Å². The van der Waals surface area contributed by atoms with E-state index in [2.05, 4.69) is 34.7 Å². The number of hydrogen-bond acceptors (Lipinski definition) is 2. The molecule has 4 nitrogen and oxygen atoms in total. The Morgan fingerprint density at radius 1 is 1.15 bits per heavy atom. The van der Waals surface area contributed by atoms with Crippen LogP contribution in [-0.2, 0) is 24.7 Å². The first-order chi connectivity index (χ1) is 13.0. The maximum absolute atomic E-state index is 11.7. The Labute approximate surface area is 159 Å². The van der Waals surface area contributed by atoms with E-state index in [1.807, 2.05) is 50.4 Å². The Balaban J connectivity index is 1.86. The zero-order valence-electron chi connectivity index (χ0n) is 15.9. The molecule has 0 aliphatic carbocycles. The predicted molar refractivity (Wildman–Crippen MR) is 110 cm³/mol. The molecule has 4 heteroatoms. The van der Waals surface area contributed by atoms with Gasteiger partial charge in [0, 0.05) is 36.3 Å². The van der Waals surface area contributed by atoms with Gasteiger partial charge in [0.15, 0.2) is 0 Å². The van der Waals surface area contributed by atoms with Crippen LogP contribution in [0.15, 0.2) is 65.8 Å². The number of aliphatic carboxylic acids is 1. The van der Waals surface area contributed by atoms with Gasteiger partial charge in [0.2, 0.25) is 0 Å². The molecule has 27 heavy (non-hydrogen) atoms. The summed E-state index contributed by atoms with van der Waals surface area (Å²) in [4.78, 5) is 15.9. The van der Waals surface area contributed by atoms with E-state index in [0.717, 1.165) is 28.6 Å². The second-order valence-electron chi connectivity index (χ2n) is 6.78. The number of aromatic nitrogens is 1. The molecule has 0 saturated heterocycles. The zero-order chi connectivity index (χ0) is 19.4. The number of allylic oxidation sites excluding steroid dienone is 1. The molecule has 1 N–H and O–H groups in total. The van der Waals surface area contributed by atoms with Crippen molar-refractivity contribution >= 4 is 22.6 Å². The van der Waals surface area contributed by atoms with E-state index >= 15 is 0 Å². The van der Waals surface area contributed by atoms with Gasteiger partial charge >= 0.3 is 5.97 Å². The highest BCUT2D eigenvalue weighted by atomic mass is 16.4. The molecule has 0 spiro atoms. The Bertz CT molecular complexity index is 1030. The largest absolute Gasteiger partial charge is 0.477 e. The first-order valence-corrected chi connectivity index (χ1v) is 9.00. The minimum absolute atomic E-state index is 0.149. The van der Waals surface area contributed by atoms with Gasteiger partial charge in [0.05, 0.1) is 0 Å². The monoisotopic (exact) mass is 360 g/mol. The lowest BCUT2D eigenvalue weighted by molar-refractivity contribution is -0.129. The summed E-state index contributed by atoms with van der Waals surface area (Å²) < 4.78 is 2.11. The molecule has 0 aliphatic rings.